The molecule has 0 saturated carbocycles. The molecular formula is C16H34N4O. The zero-order valence-corrected chi connectivity index (χ0v) is 14.8. The van der Waals surface area contributed by atoms with E-state index in [9.17, 15) is 4.79 Å². The first-order valence-electron chi connectivity index (χ1n) is 7.82. The van der Waals surface area contributed by atoms with Crippen molar-refractivity contribution in [2.75, 3.05) is 13.1 Å². The van der Waals surface area contributed by atoms with Gasteiger partial charge in [0, 0.05) is 12.6 Å². The van der Waals surface area contributed by atoms with E-state index in [1.807, 2.05) is 20.8 Å². The van der Waals surface area contributed by atoms with Gasteiger partial charge in [-0.1, -0.05) is 20.8 Å². The van der Waals surface area contributed by atoms with Crippen LogP contribution in [0.15, 0.2) is 4.99 Å². The number of aliphatic imine (C=N–C) groups is 1. The Balaban J connectivity index is 4.57. The van der Waals surface area contributed by atoms with Crippen LogP contribution >= 0.6 is 0 Å². The number of hydrogen-bond donors (Lipinski definition) is 3. The molecule has 0 bridgehead atoms. The summed E-state index contributed by atoms with van der Waals surface area (Å²) in [5.74, 6) is 0.413. The van der Waals surface area contributed by atoms with Crippen LogP contribution in [0.5, 0.6) is 0 Å². The maximum Gasteiger partial charge on any atom is 0.224 e. The average Bonchev–Trinajstić information content (AvgIpc) is 2.33. The Morgan fingerprint density at radius 3 is 2.24 bits per heavy atom. The van der Waals surface area contributed by atoms with E-state index in [-0.39, 0.29) is 5.91 Å². The lowest BCUT2D eigenvalue weighted by molar-refractivity contribution is -0.125. The van der Waals surface area contributed by atoms with Crippen molar-refractivity contribution in [1.82, 2.24) is 10.6 Å². The van der Waals surface area contributed by atoms with Gasteiger partial charge in [-0.15, -0.1) is 0 Å². The molecule has 0 saturated heterocycles. The summed E-state index contributed by atoms with van der Waals surface area (Å²) in [7, 11) is 0. The second-order valence-corrected chi connectivity index (χ2v) is 7.59. The predicted octanol–water partition coefficient (Wildman–Crippen LogP) is 2.27. The molecule has 4 N–H and O–H groups in total. The molecule has 0 fully saturated rings. The Labute approximate surface area is 130 Å². The van der Waals surface area contributed by atoms with Gasteiger partial charge in [0.1, 0.15) is 0 Å². The minimum Gasteiger partial charge on any atom is -0.369 e. The highest BCUT2D eigenvalue weighted by molar-refractivity contribution is 5.82. The summed E-state index contributed by atoms with van der Waals surface area (Å²) in [4.78, 5) is 15.8. The summed E-state index contributed by atoms with van der Waals surface area (Å²) < 4.78 is 0. The Hall–Kier alpha value is -1.26. The van der Waals surface area contributed by atoms with Gasteiger partial charge in [-0.2, -0.15) is 0 Å². The molecule has 1 atom stereocenters. The average molecular weight is 298 g/mol. The van der Waals surface area contributed by atoms with Gasteiger partial charge < -0.3 is 16.4 Å². The van der Waals surface area contributed by atoms with Crippen LogP contribution in [0, 0.1) is 10.8 Å². The number of carbonyl (C=O) groups excluding carboxylic acids is 1. The van der Waals surface area contributed by atoms with Crippen molar-refractivity contribution in [2.45, 2.75) is 67.3 Å². The standard InChI is InChI=1S/C16H34N4O/c1-8-18-14(19-11-16(6,7)13(17)21)20-12(2)9-10-15(3,4)5/h12H,8-11H2,1-7H3,(H2,17,21)(H2,18,19,20). The third-order valence-corrected chi connectivity index (χ3v) is 3.35. The summed E-state index contributed by atoms with van der Waals surface area (Å²) in [6.45, 7) is 15.7. The number of amides is 1. The second kappa shape index (κ2) is 8.25. The summed E-state index contributed by atoms with van der Waals surface area (Å²) in [6, 6.07) is 0.332. The molecule has 21 heavy (non-hydrogen) atoms. The topological polar surface area (TPSA) is 79.5 Å². The summed E-state index contributed by atoms with van der Waals surface area (Å²) in [5, 5.41) is 6.60. The lowest BCUT2D eigenvalue weighted by atomic mass is 9.89. The highest BCUT2D eigenvalue weighted by atomic mass is 16.1. The molecule has 0 rings (SSSR count). The normalized spacial score (nSPS) is 14.7. The lowest BCUT2D eigenvalue weighted by Gasteiger charge is -2.24. The fourth-order valence-electron chi connectivity index (χ4n) is 1.63. The van der Waals surface area contributed by atoms with Crippen LogP contribution in [0.3, 0.4) is 0 Å². The smallest absolute Gasteiger partial charge is 0.224 e. The van der Waals surface area contributed by atoms with Gasteiger partial charge in [0.25, 0.3) is 0 Å². The van der Waals surface area contributed by atoms with Crippen LogP contribution in [-0.2, 0) is 4.79 Å². The highest BCUT2D eigenvalue weighted by Gasteiger charge is 2.24. The number of nitrogens with zero attached hydrogens (tertiary/aromatic N) is 1. The third kappa shape index (κ3) is 9.32. The molecule has 0 aromatic rings. The van der Waals surface area contributed by atoms with Crippen LogP contribution in [-0.4, -0.2) is 31.0 Å². The molecule has 0 spiro atoms. The van der Waals surface area contributed by atoms with Crippen molar-refractivity contribution in [3.63, 3.8) is 0 Å². The van der Waals surface area contributed by atoms with Crippen molar-refractivity contribution in [3.05, 3.63) is 0 Å². The number of hydrogen-bond acceptors (Lipinski definition) is 2. The van der Waals surface area contributed by atoms with Gasteiger partial charge in [0.15, 0.2) is 5.96 Å². The van der Waals surface area contributed by atoms with E-state index >= 15 is 0 Å². The number of rotatable bonds is 7. The first-order valence-corrected chi connectivity index (χ1v) is 7.82. The highest BCUT2D eigenvalue weighted by Crippen LogP contribution is 2.21. The van der Waals surface area contributed by atoms with Crippen LogP contribution in [0.4, 0.5) is 0 Å². The van der Waals surface area contributed by atoms with Crippen LogP contribution in [0.25, 0.3) is 0 Å². The van der Waals surface area contributed by atoms with Gasteiger partial charge in [-0.05, 0) is 46.0 Å². The van der Waals surface area contributed by atoms with Crippen LogP contribution in [0.2, 0.25) is 0 Å². The molecule has 0 aliphatic carbocycles. The Morgan fingerprint density at radius 1 is 1.24 bits per heavy atom. The zero-order valence-electron chi connectivity index (χ0n) is 14.8. The Kier molecular flexibility index (Phi) is 7.75. The van der Waals surface area contributed by atoms with Gasteiger partial charge >= 0.3 is 0 Å². The number of carbonyl (C=O) groups is 1. The number of guanidine groups is 1. The number of primary amides is 1. The van der Waals surface area contributed by atoms with E-state index in [0.29, 0.717) is 18.0 Å². The van der Waals surface area contributed by atoms with Crippen molar-refractivity contribution in [3.8, 4) is 0 Å². The quantitative estimate of drug-likeness (QED) is 0.498. The van der Waals surface area contributed by atoms with Crippen molar-refractivity contribution in [1.29, 1.82) is 0 Å². The van der Waals surface area contributed by atoms with E-state index < -0.39 is 5.41 Å². The molecule has 5 heteroatoms. The number of nitrogens with one attached hydrogen (secondary N) is 2. The summed E-state index contributed by atoms with van der Waals surface area (Å²) >= 11 is 0. The van der Waals surface area contributed by atoms with Crippen molar-refractivity contribution >= 4 is 11.9 Å². The maximum absolute atomic E-state index is 11.3. The molecule has 0 aromatic heterocycles. The van der Waals surface area contributed by atoms with E-state index in [2.05, 4.69) is 43.3 Å². The van der Waals surface area contributed by atoms with E-state index in [1.165, 1.54) is 0 Å². The molecule has 0 heterocycles. The molecule has 0 radical (unpaired) electrons. The first-order chi connectivity index (χ1) is 9.48. The van der Waals surface area contributed by atoms with E-state index in [0.717, 1.165) is 25.3 Å². The van der Waals surface area contributed by atoms with E-state index in [4.69, 9.17) is 5.73 Å². The number of nitrogens with two attached hydrogens (primary N) is 1. The molecule has 5 nitrogen and oxygen atoms in total. The van der Waals surface area contributed by atoms with Crippen molar-refractivity contribution < 1.29 is 4.79 Å². The zero-order chi connectivity index (χ0) is 16.7. The monoisotopic (exact) mass is 298 g/mol. The van der Waals surface area contributed by atoms with Crippen LogP contribution in [0.1, 0.15) is 61.3 Å². The summed E-state index contributed by atoms with van der Waals surface area (Å²) in [5.41, 5.74) is 5.08. The third-order valence-electron chi connectivity index (χ3n) is 3.35. The maximum atomic E-state index is 11.3. The first kappa shape index (κ1) is 19.7. The Morgan fingerprint density at radius 2 is 1.81 bits per heavy atom. The minimum atomic E-state index is -0.628. The van der Waals surface area contributed by atoms with Gasteiger partial charge in [0.2, 0.25) is 5.91 Å². The molecule has 1 amide bonds. The van der Waals surface area contributed by atoms with Gasteiger partial charge in [-0.25, -0.2) is 0 Å². The summed E-state index contributed by atoms with van der Waals surface area (Å²) in [6.07, 6.45) is 2.22. The predicted molar refractivity (Wildman–Crippen MR) is 90.2 cm³/mol. The molecule has 0 aromatic carbocycles. The molecule has 1 unspecified atom stereocenters. The van der Waals surface area contributed by atoms with Gasteiger partial charge in [0.05, 0.1) is 12.0 Å². The van der Waals surface area contributed by atoms with Crippen molar-refractivity contribution in [2.24, 2.45) is 21.6 Å². The fraction of sp³-hybridized carbons (Fsp3) is 0.875. The molecule has 0 aliphatic rings. The minimum absolute atomic E-state index is 0.331. The van der Waals surface area contributed by atoms with Gasteiger partial charge in [-0.3, -0.25) is 9.79 Å². The molecule has 124 valence electrons. The lowest BCUT2D eigenvalue weighted by Crippen LogP contribution is -2.43. The molecule has 0 aliphatic heterocycles. The van der Waals surface area contributed by atoms with Crippen LogP contribution < -0.4 is 16.4 Å². The fourth-order valence-corrected chi connectivity index (χ4v) is 1.63. The largest absolute Gasteiger partial charge is 0.369 e. The second-order valence-electron chi connectivity index (χ2n) is 7.59. The Bertz CT molecular complexity index is 356. The van der Waals surface area contributed by atoms with E-state index in [1.54, 1.807) is 0 Å². The molecular weight excluding hydrogens is 264 g/mol. The SMILES string of the molecule is CCNC(=NCC(C)(C)C(N)=O)NC(C)CCC(C)(C)C.